The summed E-state index contributed by atoms with van der Waals surface area (Å²) in [6.45, 7) is 4.11. The van der Waals surface area contributed by atoms with Crippen LogP contribution in [0.2, 0.25) is 0 Å². The van der Waals surface area contributed by atoms with Crippen molar-refractivity contribution in [3.63, 3.8) is 0 Å². The van der Waals surface area contributed by atoms with Crippen LogP contribution in [-0.2, 0) is 0 Å². The van der Waals surface area contributed by atoms with Gasteiger partial charge in [-0.15, -0.1) is 0 Å². The largest absolute Gasteiger partial charge is 0.382 e. The molecule has 0 unspecified atom stereocenters. The van der Waals surface area contributed by atoms with Crippen molar-refractivity contribution in [2.24, 2.45) is 0 Å². The van der Waals surface area contributed by atoms with E-state index in [1.165, 1.54) is 11.1 Å². The van der Waals surface area contributed by atoms with Crippen molar-refractivity contribution in [1.82, 2.24) is 9.97 Å². The van der Waals surface area contributed by atoms with Gasteiger partial charge in [-0.1, -0.05) is 17.7 Å². The van der Waals surface area contributed by atoms with Crippen molar-refractivity contribution in [3.05, 3.63) is 41.7 Å². The third-order valence-electron chi connectivity index (χ3n) is 2.32. The van der Waals surface area contributed by atoms with Crippen molar-refractivity contribution in [2.45, 2.75) is 13.8 Å². The minimum atomic E-state index is 0.452. The van der Waals surface area contributed by atoms with Crippen molar-refractivity contribution in [1.29, 1.82) is 0 Å². The summed E-state index contributed by atoms with van der Waals surface area (Å²) in [6.07, 6.45) is 3.28. The van der Waals surface area contributed by atoms with E-state index in [1.54, 1.807) is 12.4 Å². The summed E-state index contributed by atoms with van der Waals surface area (Å²) in [5, 5.41) is 0. The Balaban J connectivity index is 2.58. The number of nitrogens with two attached hydrogens (primary N) is 1. The lowest BCUT2D eigenvalue weighted by Gasteiger charge is -2.06. The number of anilines is 1. The second kappa shape index (κ2) is 3.69. The minimum Gasteiger partial charge on any atom is -0.382 e. The van der Waals surface area contributed by atoms with Gasteiger partial charge < -0.3 is 5.73 Å². The van der Waals surface area contributed by atoms with Crippen LogP contribution in [0.1, 0.15) is 11.1 Å². The molecule has 0 saturated carbocycles. The summed E-state index contributed by atoms with van der Waals surface area (Å²) in [4.78, 5) is 8.30. The van der Waals surface area contributed by atoms with E-state index in [4.69, 9.17) is 5.73 Å². The van der Waals surface area contributed by atoms with Gasteiger partial charge in [-0.05, 0) is 25.5 Å². The highest BCUT2D eigenvalue weighted by Gasteiger charge is 2.04. The van der Waals surface area contributed by atoms with E-state index in [1.807, 2.05) is 0 Å². The second-order valence-electron chi connectivity index (χ2n) is 3.65. The van der Waals surface area contributed by atoms with Crippen LogP contribution in [0, 0.1) is 13.8 Å². The first kappa shape index (κ1) is 9.65. The van der Waals surface area contributed by atoms with E-state index >= 15 is 0 Å². The second-order valence-corrected chi connectivity index (χ2v) is 3.65. The van der Waals surface area contributed by atoms with Gasteiger partial charge in [0.15, 0.2) is 0 Å². The number of aryl methyl sites for hydroxylation is 2. The van der Waals surface area contributed by atoms with Crippen LogP contribution in [0.25, 0.3) is 11.3 Å². The molecule has 3 heteroatoms. The molecule has 3 nitrogen and oxygen atoms in total. The van der Waals surface area contributed by atoms with Crippen molar-refractivity contribution in [3.8, 4) is 11.3 Å². The van der Waals surface area contributed by atoms with Gasteiger partial charge in [0.2, 0.25) is 0 Å². The molecule has 0 atom stereocenters. The Morgan fingerprint density at radius 1 is 1.13 bits per heavy atom. The summed E-state index contributed by atoms with van der Waals surface area (Å²) in [6, 6.07) is 6.26. The zero-order chi connectivity index (χ0) is 10.8. The monoisotopic (exact) mass is 199 g/mol. The average molecular weight is 199 g/mol. The third-order valence-corrected chi connectivity index (χ3v) is 2.32. The molecule has 1 aromatic carbocycles. The highest BCUT2D eigenvalue weighted by molar-refractivity contribution is 5.64. The first-order chi connectivity index (χ1) is 7.16. The van der Waals surface area contributed by atoms with Gasteiger partial charge in [-0.2, -0.15) is 0 Å². The average Bonchev–Trinajstić information content (AvgIpc) is 2.22. The van der Waals surface area contributed by atoms with Crippen molar-refractivity contribution < 1.29 is 0 Å². The maximum absolute atomic E-state index is 5.61. The first-order valence-corrected chi connectivity index (χ1v) is 4.82. The fraction of sp³-hybridized carbons (Fsp3) is 0.167. The molecule has 1 heterocycles. The Morgan fingerprint density at radius 2 is 1.93 bits per heavy atom. The number of hydrogen-bond donors (Lipinski definition) is 1. The predicted octanol–water partition coefficient (Wildman–Crippen LogP) is 2.34. The minimum absolute atomic E-state index is 0.452. The molecule has 0 spiro atoms. The zero-order valence-electron chi connectivity index (χ0n) is 8.86. The van der Waals surface area contributed by atoms with Gasteiger partial charge in [0.1, 0.15) is 5.82 Å². The molecule has 0 bridgehead atoms. The molecule has 0 aliphatic heterocycles. The topological polar surface area (TPSA) is 51.8 Å². The lowest BCUT2D eigenvalue weighted by Crippen LogP contribution is -1.95. The maximum Gasteiger partial charge on any atom is 0.142 e. The molecule has 0 amide bonds. The van der Waals surface area contributed by atoms with Crippen LogP contribution in [0.3, 0.4) is 0 Å². The lowest BCUT2D eigenvalue weighted by molar-refractivity contribution is 1.20. The smallest absolute Gasteiger partial charge is 0.142 e. The molecule has 2 aromatic rings. The van der Waals surface area contributed by atoms with Crippen LogP contribution in [0.5, 0.6) is 0 Å². The molecule has 15 heavy (non-hydrogen) atoms. The number of aromatic nitrogens is 2. The quantitative estimate of drug-likeness (QED) is 0.767. The van der Waals surface area contributed by atoms with Gasteiger partial charge in [0, 0.05) is 5.56 Å². The highest BCUT2D eigenvalue weighted by Crippen LogP contribution is 2.22. The molecule has 2 rings (SSSR count). The Bertz CT molecular complexity index is 492. The van der Waals surface area contributed by atoms with Gasteiger partial charge >= 0.3 is 0 Å². The standard InChI is InChI=1S/C12H13N3/c1-8-3-4-9(2)10(5-8)11-6-14-7-12(13)15-11/h3-7H,1-2H3,(H2,13,15). The van der Waals surface area contributed by atoms with Gasteiger partial charge in [-0.3, -0.25) is 4.98 Å². The fourth-order valence-corrected chi connectivity index (χ4v) is 1.52. The summed E-state index contributed by atoms with van der Waals surface area (Å²) in [7, 11) is 0. The van der Waals surface area contributed by atoms with Crippen molar-refractivity contribution >= 4 is 5.82 Å². The first-order valence-electron chi connectivity index (χ1n) is 4.82. The third kappa shape index (κ3) is 1.96. The van der Waals surface area contributed by atoms with E-state index in [0.29, 0.717) is 5.82 Å². The number of hydrogen-bond acceptors (Lipinski definition) is 3. The van der Waals surface area contributed by atoms with E-state index in [2.05, 4.69) is 42.0 Å². The summed E-state index contributed by atoms with van der Waals surface area (Å²) in [5.74, 6) is 0.452. The number of nitrogen functional groups attached to an aromatic ring is 1. The molecular formula is C12H13N3. The van der Waals surface area contributed by atoms with Crippen molar-refractivity contribution in [2.75, 3.05) is 5.73 Å². The van der Waals surface area contributed by atoms with Crippen LogP contribution >= 0.6 is 0 Å². The number of rotatable bonds is 1. The van der Waals surface area contributed by atoms with E-state index in [0.717, 1.165) is 11.3 Å². The Morgan fingerprint density at radius 3 is 2.67 bits per heavy atom. The number of nitrogens with zero attached hydrogens (tertiary/aromatic N) is 2. The van der Waals surface area contributed by atoms with Crippen LogP contribution < -0.4 is 5.73 Å². The SMILES string of the molecule is Cc1ccc(C)c(-c2cncc(N)n2)c1. The van der Waals surface area contributed by atoms with Gasteiger partial charge in [-0.25, -0.2) is 4.98 Å². The molecule has 0 fully saturated rings. The Kier molecular flexibility index (Phi) is 2.37. The van der Waals surface area contributed by atoms with E-state index in [9.17, 15) is 0 Å². The maximum atomic E-state index is 5.61. The summed E-state index contributed by atoms with van der Waals surface area (Å²) in [5.41, 5.74) is 9.92. The lowest BCUT2D eigenvalue weighted by atomic mass is 10.0. The molecule has 0 radical (unpaired) electrons. The Labute approximate surface area is 89.0 Å². The van der Waals surface area contributed by atoms with Gasteiger partial charge in [0.05, 0.1) is 18.1 Å². The van der Waals surface area contributed by atoms with E-state index in [-0.39, 0.29) is 0 Å². The van der Waals surface area contributed by atoms with Gasteiger partial charge in [0.25, 0.3) is 0 Å². The fourth-order valence-electron chi connectivity index (χ4n) is 1.52. The molecule has 2 N–H and O–H groups in total. The molecule has 0 aliphatic rings. The summed E-state index contributed by atoms with van der Waals surface area (Å²) < 4.78 is 0. The highest BCUT2D eigenvalue weighted by atomic mass is 14.9. The summed E-state index contributed by atoms with van der Waals surface area (Å²) >= 11 is 0. The van der Waals surface area contributed by atoms with Crippen LogP contribution in [0.4, 0.5) is 5.82 Å². The molecule has 1 aromatic heterocycles. The van der Waals surface area contributed by atoms with Crippen LogP contribution in [0.15, 0.2) is 30.6 Å². The molecular weight excluding hydrogens is 186 g/mol. The zero-order valence-corrected chi connectivity index (χ0v) is 8.86. The number of benzene rings is 1. The van der Waals surface area contributed by atoms with Crippen LogP contribution in [-0.4, -0.2) is 9.97 Å². The molecule has 0 saturated heterocycles. The van der Waals surface area contributed by atoms with E-state index < -0.39 is 0 Å². The normalized spacial score (nSPS) is 10.3. The Hall–Kier alpha value is -1.90. The predicted molar refractivity (Wildman–Crippen MR) is 61.4 cm³/mol. The molecule has 76 valence electrons. The molecule has 0 aliphatic carbocycles.